The van der Waals surface area contributed by atoms with Crippen molar-refractivity contribution in [1.82, 2.24) is 30.2 Å². The molecule has 1 aliphatic rings. The standard InChI is InChI=1S/C23H26FN7O3/c1-13-9-14(7-8-16(13)24)11-26-21(33)17-10-18(31-23(29-17)27-12-28-31)22(34)30-19(20(25)32)15-5-3-2-4-6-15/h7-10,12,15,19H,2-6,11H2,1H3,(H2,25,32)(H,26,33)(H,30,34)/t19-/m1/s1. The molecule has 0 saturated heterocycles. The Labute approximate surface area is 195 Å². The Balaban J connectivity index is 1.55. The molecule has 0 radical (unpaired) electrons. The number of hydrogen-bond donors (Lipinski definition) is 3. The van der Waals surface area contributed by atoms with Crippen LogP contribution in [0.1, 0.15) is 64.2 Å². The van der Waals surface area contributed by atoms with Gasteiger partial charge in [-0.15, -0.1) is 0 Å². The molecule has 4 rings (SSSR count). The first-order chi connectivity index (χ1) is 16.3. The number of aryl methyl sites for hydroxylation is 1. The van der Waals surface area contributed by atoms with Crippen LogP contribution in [0.3, 0.4) is 0 Å². The number of nitrogens with zero attached hydrogens (tertiary/aromatic N) is 4. The van der Waals surface area contributed by atoms with Crippen LogP contribution in [0.2, 0.25) is 0 Å². The van der Waals surface area contributed by atoms with Gasteiger partial charge in [-0.25, -0.2) is 9.37 Å². The van der Waals surface area contributed by atoms with Crippen LogP contribution in [-0.4, -0.2) is 43.3 Å². The number of fused-ring (bicyclic) bond motifs is 1. The van der Waals surface area contributed by atoms with Crippen molar-refractivity contribution in [3.8, 4) is 0 Å². The third kappa shape index (κ3) is 5.03. The van der Waals surface area contributed by atoms with Gasteiger partial charge in [0, 0.05) is 12.6 Å². The largest absolute Gasteiger partial charge is 0.368 e. The zero-order valence-corrected chi connectivity index (χ0v) is 18.8. The van der Waals surface area contributed by atoms with E-state index in [0.29, 0.717) is 11.1 Å². The van der Waals surface area contributed by atoms with Crippen molar-refractivity contribution in [3.63, 3.8) is 0 Å². The summed E-state index contributed by atoms with van der Waals surface area (Å²) in [6.07, 6.45) is 5.87. The summed E-state index contributed by atoms with van der Waals surface area (Å²) in [6.45, 7) is 1.78. The smallest absolute Gasteiger partial charge is 0.270 e. The summed E-state index contributed by atoms with van der Waals surface area (Å²) < 4.78 is 14.7. The van der Waals surface area contributed by atoms with Gasteiger partial charge in [-0.3, -0.25) is 14.4 Å². The summed E-state index contributed by atoms with van der Waals surface area (Å²) in [5.74, 6) is -2.05. The molecule has 4 N–H and O–H groups in total. The van der Waals surface area contributed by atoms with Gasteiger partial charge in [0.25, 0.3) is 17.6 Å². The zero-order chi connectivity index (χ0) is 24.2. The van der Waals surface area contributed by atoms with Crippen molar-refractivity contribution >= 4 is 23.5 Å². The van der Waals surface area contributed by atoms with E-state index in [4.69, 9.17) is 5.73 Å². The topological polar surface area (TPSA) is 144 Å². The van der Waals surface area contributed by atoms with E-state index < -0.39 is 23.8 Å². The minimum absolute atomic E-state index is 0.00679. The fraction of sp³-hybridized carbons (Fsp3) is 0.391. The van der Waals surface area contributed by atoms with Crippen molar-refractivity contribution in [2.24, 2.45) is 11.7 Å². The molecule has 1 atom stereocenters. The maximum Gasteiger partial charge on any atom is 0.270 e. The molecule has 3 aromatic rings. The molecule has 1 saturated carbocycles. The number of carbonyl (C=O) groups is 3. The second-order valence-corrected chi connectivity index (χ2v) is 8.52. The fourth-order valence-electron chi connectivity index (χ4n) is 4.28. The Morgan fingerprint density at radius 2 is 1.94 bits per heavy atom. The van der Waals surface area contributed by atoms with Gasteiger partial charge in [-0.05, 0) is 42.9 Å². The van der Waals surface area contributed by atoms with Gasteiger partial charge in [0.2, 0.25) is 5.91 Å². The number of hydrogen-bond acceptors (Lipinski definition) is 6. The van der Waals surface area contributed by atoms with Crippen LogP contribution in [0.5, 0.6) is 0 Å². The van der Waals surface area contributed by atoms with E-state index in [2.05, 4.69) is 25.7 Å². The molecule has 2 aromatic heterocycles. The number of primary amides is 1. The lowest BCUT2D eigenvalue weighted by molar-refractivity contribution is -0.121. The summed E-state index contributed by atoms with van der Waals surface area (Å²) in [6, 6.07) is 5.02. The highest BCUT2D eigenvalue weighted by Crippen LogP contribution is 2.26. The first-order valence-electron chi connectivity index (χ1n) is 11.2. The molecule has 0 bridgehead atoms. The van der Waals surface area contributed by atoms with Crippen molar-refractivity contribution in [1.29, 1.82) is 0 Å². The average molecular weight is 468 g/mol. The third-order valence-corrected chi connectivity index (χ3v) is 6.11. The molecule has 0 unspecified atom stereocenters. The molecule has 1 fully saturated rings. The molecule has 2 heterocycles. The summed E-state index contributed by atoms with van der Waals surface area (Å²) in [5, 5.41) is 9.45. The quantitative estimate of drug-likeness (QED) is 0.482. The number of amides is 3. The molecule has 0 spiro atoms. The summed E-state index contributed by atoms with van der Waals surface area (Å²) in [4.78, 5) is 46.2. The number of halogens is 1. The number of rotatable bonds is 7. The van der Waals surface area contributed by atoms with E-state index in [-0.39, 0.29) is 35.4 Å². The molecule has 1 aromatic carbocycles. The van der Waals surface area contributed by atoms with E-state index in [9.17, 15) is 18.8 Å². The van der Waals surface area contributed by atoms with Gasteiger partial charge >= 0.3 is 0 Å². The van der Waals surface area contributed by atoms with Gasteiger partial charge in [-0.1, -0.05) is 31.4 Å². The van der Waals surface area contributed by atoms with Crippen LogP contribution < -0.4 is 16.4 Å². The van der Waals surface area contributed by atoms with Crippen LogP contribution in [0.15, 0.2) is 30.6 Å². The van der Waals surface area contributed by atoms with E-state index in [1.165, 1.54) is 23.0 Å². The van der Waals surface area contributed by atoms with Crippen molar-refractivity contribution < 1.29 is 18.8 Å². The predicted octanol–water partition coefficient (Wildman–Crippen LogP) is 1.67. The molecule has 11 heteroatoms. The molecule has 178 valence electrons. The van der Waals surface area contributed by atoms with Gasteiger partial charge in [0.15, 0.2) is 0 Å². The SMILES string of the molecule is Cc1cc(CNC(=O)c2cc(C(=O)N[C@@H](C(N)=O)C3CCCCC3)n3ncnc3n2)ccc1F. The fourth-order valence-corrected chi connectivity index (χ4v) is 4.28. The number of aromatic nitrogens is 4. The third-order valence-electron chi connectivity index (χ3n) is 6.11. The number of carbonyl (C=O) groups excluding carboxylic acids is 3. The minimum atomic E-state index is -0.821. The highest BCUT2D eigenvalue weighted by Gasteiger charge is 2.30. The van der Waals surface area contributed by atoms with Crippen molar-refractivity contribution in [3.05, 3.63) is 58.9 Å². The second-order valence-electron chi connectivity index (χ2n) is 8.52. The van der Waals surface area contributed by atoms with Crippen molar-refractivity contribution in [2.75, 3.05) is 0 Å². The minimum Gasteiger partial charge on any atom is -0.368 e. The maximum absolute atomic E-state index is 13.5. The Hall–Kier alpha value is -3.89. The monoisotopic (exact) mass is 467 g/mol. The van der Waals surface area contributed by atoms with Gasteiger partial charge in [0.05, 0.1) is 0 Å². The van der Waals surface area contributed by atoms with E-state index in [0.717, 1.165) is 32.1 Å². The number of benzene rings is 1. The Kier molecular flexibility index (Phi) is 6.80. The number of nitrogens with two attached hydrogens (primary N) is 1. The molecule has 3 amide bonds. The second kappa shape index (κ2) is 9.94. The lowest BCUT2D eigenvalue weighted by Crippen LogP contribution is -2.50. The molecular weight excluding hydrogens is 441 g/mol. The maximum atomic E-state index is 13.5. The van der Waals surface area contributed by atoms with Crippen LogP contribution in [0.4, 0.5) is 4.39 Å². The van der Waals surface area contributed by atoms with Gasteiger partial charge < -0.3 is 16.4 Å². The Morgan fingerprint density at radius 3 is 2.65 bits per heavy atom. The first kappa shape index (κ1) is 23.3. The van der Waals surface area contributed by atoms with E-state index >= 15 is 0 Å². The zero-order valence-electron chi connectivity index (χ0n) is 18.8. The van der Waals surface area contributed by atoms with Gasteiger partial charge in [-0.2, -0.15) is 14.6 Å². The first-order valence-corrected chi connectivity index (χ1v) is 11.2. The Bertz CT molecular complexity index is 1240. The molecule has 1 aliphatic carbocycles. The summed E-state index contributed by atoms with van der Waals surface area (Å²) >= 11 is 0. The van der Waals surface area contributed by atoms with E-state index in [1.54, 1.807) is 19.1 Å². The van der Waals surface area contributed by atoms with Crippen LogP contribution in [0, 0.1) is 18.7 Å². The average Bonchev–Trinajstić information content (AvgIpc) is 3.31. The highest BCUT2D eigenvalue weighted by molar-refractivity contribution is 5.99. The van der Waals surface area contributed by atoms with E-state index in [1.807, 2.05) is 0 Å². The summed E-state index contributed by atoms with van der Waals surface area (Å²) in [5.41, 5.74) is 6.74. The van der Waals surface area contributed by atoms with Crippen molar-refractivity contribution in [2.45, 2.75) is 51.6 Å². The molecular formula is C23H26FN7O3. The summed E-state index contributed by atoms with van der Waals surface area (Å²) in [7, 11) is 0. The number of nitrogens with one attached hydrogen (secondary N) is 2. The molecule has 0 aliphatic heterocycles. The lowest BCUT2D eigenvalue weighted by Gasteiger charge is -2.28. The van der Waals surface area contributed by atoms with Crippen LogP contribution >= 0.6 is 0 Å². The highest BCUT2D eigenvalue weighted by atomic mass is 19.1. The van der Waals surface area contributed by atoms with Crippen LogP contribution in [-0.2, 0) is 11.3 Å². The normalized spacial score (nSPS) is 15.1. The predicted molar refractivity (Wildman–Crippen MR) is 120 cm³/mol. The molecule has 34 heavy (non-hydrogen) atoms. The van der Waals surface area contributed by atoms with Crippen LogP contribution in [0.25, 0.3) is 5.78 Å². The Morgan fingerprint density at radius 1 is 1.18 bits per heavy atom. The molecule has 10 nitrogen and oxygen atoms in total. The van der Waals surface area contributed by atoms with Gasteiger partial charge in [0.1, 0.15) is 29.6 Å². The lowest BCUT2D eigenvalue weighted by atomic mass is 9.83.